The number of nitrogens with zero attached hydrogens (tertiary/aromatic N) is 2. The molecule has 8 heteroatoms. The Morgan fingerprint density at radius 2 is 1.86 bits per heavy atom. The SMILES string of the molecule is O=C1CCC[C@H]1Sc1nc2ccccc2c(=O)n1-c1ccc(OC(F)F)cc1. The molecule has 0 N–H and O–H groups in total. The van der Waals surface area contributed by atoms with Gasteiger partial charge in [0.1, 0.15) is 11.5 Å². The van der Waals surface area contributed by atoms with Crippen LogP contribution in [0.1, 0.15) is 19.3 Å². The third kappa shape index (κ3) is 3.64. The molecule has 1 aliphatic carbocycles. The van der Waals surface area contributed by atoms with E-state index in [0.29, 0.717) is 28.2 Å². The van der Waals surface area contributed by atoms with E-state index in [1.54, 1.807) is 24.3 Å². The predicted octanol–water partition coefficient (Wildman–Crippen LogP) is 4.20. The maximum Gasteiger partial charge on any atom is 0.387 e. The fourth-order valence-electron chi connectivity index (χ4n) is 3.23. The number of ether oxygens (including phenoxy) is 1. The van der Waals surface area contributed by atoms with Gasteiger partial charge in [-0.05, 0) is 49.2 Å². The lowest BCUT2D eigenvalue weighted by molar-refractivity contribution is -0.116. The molecule has 0 radical (unpaired) electrons. The zero-order valence-electron chi connectivity index (χ0n) is 14.7. The standard InChI is InChI=1S/C20H16F2N2O3S/c21-19(22)27-13-10-8-12(9-11-13)24-18(26)14-4-1-2-5-15(14)23-20(24)28-17-7-3-6-16(17)25/h1-2,4-5,8-11,17,19H,3,6-7H2/t17-/m1/s1. The normalized spacial score (nSPS) is 16.8. The highest BCUT2D eigenvalue weighted by molar-refractivity contribution is 8.00. The zero-order valence-corrected chi connectivity index (χ0v) is 15.5. The van der Waals surface area contributed by atoms with E-state index in [1.165, 1.54) is 40.6 Å². The summed E-state index contributed by atoms with van der Waals surface area (Å²) in [6.45, 7) is -2.92. The maximum atomic E-state index is 13.1. The van der Waals surface area contributed by atoms with Crippen LogP contribution >= 0.6 is 11.8 Å². The molecule has 28 heavy (non-hydrogen) atoms. The minimum Gasteiger partial charge on any atom is -0.435 e. The van der Waals surface area contributed by atoms with Gasteiger partial charge in [-0.25, -0.2) is 4.98 Å². The van der Waals surface area contributed by atoms with Gasteiger partial charge in [0.05, 0.1) is 21.8 Å². The van der Waals surface area contributed by atoms with Crippen molar-refractivity contribution in [1.29, 1.82) is 0 Å². The molecule has 0 bridgehead atoms. The van der Waals surface area contributed by atoms with Crippen molar-refractivity contribution in [2.24, 2.45) is 0 Å². The van der Waals surface area contributed by atoms with Gasteiger partial charge in [0.15, 0.2) is 5.16 Å². The highest BCUT2D eigenvalue weighted by Gasteiger charge is 2.27. The Hall–Kier alpha value is -2.74. The number of Topliss-reactive ketones (excluding diaryl/α,β-unsaturated/α-hetero) is 1. The van der Waals surface area contributed by atoms with Crippen LogP contribution in [0.15, 0.2) is 58.5 Å². The molecule has 0 amide bonds. The molecule has 144 valence electrons. The molecule has 0 spiro atoms. The molecule has 1 fully saturated rings. The number of carbonyl (C=O) groups is 1. The molecule has 0 aliphatic heterocycles. The molecular formula is C20H16F2N2O3S. The van der Waals surface area contributed by atoms with Crippen molar-refractivity contribution in [1.82, 2.24) is 9.55 Å². The van der Waals surface area contributed by atoms with Crippen LogP contribution in [0.5, 0.6) is 5.75 Å². The van der Waals surface area contributed by atoms with Crippen molar-refractivity contribution in [2.45, 2.75) is 36.3 Å². The van der Waals surface area contributed by atoms with Crippen molar-refractivity contribution < 1.29 is 18.3 Å². The Balaban J connectivity index is 1.82. The number of thioether (sulfide) groups is 1. The molecule has 5 nitrogen and oxygen atoms in total. The zero-order chi connectivity index (χ0) is 19.7. The third-order valence-corrected chi connectivity index (χ3v) is 5.83. The van der Waals surface area contributed by atoms with E-state index in [9.17, 15) is 18.4 Å². The van der Waals surface area contributed by atoms with E-state index < -0.39 is 6.61 Å². The maximum absolute atomic E-state index is 13.1. The van der Waals surface area contributed by atoms with Gasteiger partial charge >= 0.3 is 6.61 Å². The van der Waals surface area contributed by atoms with Gasteiger partial charge in [0.25, 0.3) is 5.56 Å². The van der Waals surface area contributed by atoms with Gasteiger partial charge in [0.2, 0.25) is 0 Å². The number of rotatable bonds is 5. The number of alkyl halides is 2. The molecule has 0 unspecified atom stereocenters. The smallest absolute Gasteiger partial charge is 0.387 e. The second kappa shape index (κ2) is 7.71. The first kappa shape index (κ1) is 18.6. The summed E-state index contributed by atoms with van der Waals surface area (Å²) in [5.74, 6) is 0.153. The van der Waals surface area contributed by atoms with Crippen molar-refractivity contribution in [3.63, 3.8) is 0 Å². The predicted molar refractivity (Wildman–Crippen MR) is 102 cm³/mol. The lowest BCUT2D eigenvalue weighted by Crippen LogP contribution is -2.23. The molecule has 1 saturated carbocycles. The fourth-order valence-corrected chi connectivity index (χ4v) is 4.46. The number of carbonyl (C=O) groups excluding carboxylic acids is 1. The van der Waals surface area contributed by atoms with E-state index in [1.807, 2.05) is 0 Å². The number of benzene rings is 2. The number of hydrogen-bond acceptors (Lipinski definition) is 5. The number of aromatic nitrogens is 2. The summed E-state index contributed by atoms with van der Waals surface area (Å²) < 4.78 is 30.6. The van der Waals surface area contributed by atoms with Crippen molar-refractivity contribution in [3.05, 3.63) is 58.9 Å². The van der Waals surface area contributed by atoms with Gasteiger partial charge in [-0.2, -0.15) is 8.78 Å². The Labute approximate surface area is 163 Å². The first-order valence-corrected chi connectivity index (χ1v) is 9.67. The number of fused-ring (bicyclic) bond motifs is 1. The Morgan fingerprint density at radius 3 is 2.54 bits per heavy atom. The second-order valence-electron chi connectivity index (χ2n) is 6.39. The van der Waals surface area contributed by atoms with Gasteiger partial charge in [-0.15, -0.1) is 0 Å². The van der Waals surface area contributed by atoms with Crippen LogP contribution in [0, 0.1) is 0 Å². The highest BCUT2D eigenvalue weighted by atomic mass is 32.2. The monoisotopic (exact) mass is 402 g/mol. The summed E-state index contributed by atoms with van der Waals surface area (Å²) in [5.41, 5.74) is 0.744. The van der Waals surface area contributed by atoms with Gasteiger partial charge < -0.3 is 4.74 Å². The van der Waals surface area contributed by atoms with Crippen LogP contribution in [0.2, 0.25) is 0 Å². The van der Waals surface area contributed by atoms with Crippen LogP contribution in [-0.4, -0.2) is 27.2 Å². The molecule has 1 aromatic heterocycles. The average Bonchev–Trinajstić information content (AvgIpc) is 3.07. The van der Waals surface area contributed by atoms with Gasteiger partial charge in [0, 0.05) is 6.42 Å². The molecule has 1 atom stereocenters. The van der Waals surface area contributed by atoms with Crippen LogP contribution in [0.25, 0.3) is 16.6 Å². The molecule has 2 aromatic carbocycles. The van der Waals surface area contributed by atoms with Gasteiger partial charge in [-0.1, -0.05) is 23.9 Å². The van der Waals surface area contributed by atoms with Crippen LogP contribution in [0.4, 0.5) is 8.78 Å². The number of para-hydroxylation sites is 1. The van der Waals surface area contributed by atoms with Crippen molar-refractivity contribution in [3.8, 4) is 11.4 Å². The average molecular weight is 402 g/mol. The molecule has 1 aliphatic rings. The van der Waals surface area contributed by atoms with E-state index in [0.717, 1.165) is 12.8 Å². The molecule has 1 heterocycles. The van der Waals surface area contributed by atoms with Crippen molar-refractivity contribution >= 4 is 28.4 Å². The molecule has 0 saturated heterocycles. The van der Waals surface area contributed by atoms with Crippen LogP contribution in [-0.2, 0) is 4.79 Å². The van der Waals surface area contributed by atoms with Crippen molar-refractivity contribution in [2.75, 3.05) is 0 Å². The van der Waals surface area contributed by atoms with Crippen LogP contribution < -0.4 is 10.3 Å². The van der Waals surface area contributed by atoms with Gasteiger partial charge in [-0.3, -0.25) is 14.2 Å². The number of hydrogen-bond donors (Lipinski definition) is 0. The fraction of sp³-hybridized carbons (Fsp3) is 0.250. The topological polar surface area (TPSA) is 61.2 Å². The summed E-state index contributed by atoms with van der Waals surface area (Å²) in [5, 5.41) is 0.615. The number of halogens is 2. The lowest BCUT2D eigenvalue weighted by atomic mass is 10.2. The first-order chi connectivity index (χ1) is 13.5. The Kier molecular flexibility index (Phi) is 5.13. The summed E-state index contributed by atoms with van der Waals surface area (Å²) in [7, 11) is 0. The Bertz CT molecular complexity index is 1080. The second-order valence-corrected chi connectivity index (χ2v) is 7.56. The molecule has 4 rings (SSSR count). The first-order valence-electron chi connectivity index (χ1n) is 8.79. The Morgan fingerprint density at radius 1 is 1.11 bits per heavy atom. The summed E-state index contributed by atoms with van der Waals surface area (Å²) in [6.07, 6.45) is 2.11. The summed E-state index contributed by atoms with van der Waals surface area (Å²) in [6, 6.07) is 12.8. The third-order valence-electron chi connectivity index (χ3n) is 4.56. The number of ketones is 1. The van der Waals surface area contributed by atoms with E-state index >= 15 is 0 Å². The lowest BCUT2D eigenvalue weighted by Gasteiger charge is -2.15. The van der Waals surface area contributed by atoms with E-state index in [2.05, 4.69) is 9.72 Å². The largest absolute Gasteiger partial charge is 0.435 e. The highest BCUT2D eigenvalue weighted by Crippen LogP contribution is 2.33. The minimum absolute atomic E-state index is 0.000668. The molecular weight excluding hydrogens is 386 g/mol. The van der Waals surface area contributed by atoms with E-state index in [4.69, 9.17) is 0 Å². The minimum atomic E-state index is -2.92. The molecule has 3 aromatic rings. The van der Waals surface area contributed by atoms with Crippen LogP contribution in [0.3, 0.4) is 0 Å². The summed E-state index contributed by atoms with van der Waals surface area (Å²) >= 11 is 1.28. The van der Waals surface area contributed by atoms with E-state index in [-0.39, 0.29) is 22.3 Å². The summed E-state index contributed by atoms with van der Waals surface area (Å²) in [4.78, 5) is 29.8. The quantitative estimate of drug-likeness (QED) is 0.599.